The van der Waals surface area contributed by atoms with Crippen LogP contribution < -0.4 is 0 Å². The van der Waals surface area contributed by atoms with Crippen molar-refractivity contribution in [2.75, 3.05) is 13.1 Å². The zero-order valence-electron chi connectivity index (χ0n) is 12.6. The molecule has 2 unspecified atom stereocenters. The van der Waals surface area contributed by atoms with E-state index in [0.717, 1.165) is 23.5 Å². The number of likely N-dealkylation sites (tertiary alicyclic amines) is 1. The van der Waals surface area contributed by atoms with Gasteiger partial charge in [0.1, 0.15) is 0 Å². The van der Waals surface area contributed by atoms with Gasteiger partial charge in [-0.2, -0.15) is 5.10 Å². The second-order valence-corrected chi connectivity index (χ2v) is 5.85. The lowest BCUT2D eigenvalue weighted by Gasteiger charge is -2.18. The Morgan fingerprint density at radius 3 is 2.90 bits per heavy atom. The average molecular weight is 288 g/mol. The van der Waals surface area contributed by atoms with Gasteiger partial charge in [-0.15, -0.1) is 0 Å². The fourth-order valence-electron chi connectivity index (χ4n) is 2.91. The maximum Gasteiger partial charge on any atom is 0.257 e. The van der Waals surface area contributed by atoms with Crippen molar-refractivity contribution in [2.24, 2.45) is 5.92 Å². The van der Waals surface area contributed by atoms with Crippen LogP contribution in [0.3, 0.4) is 0 Å². The largest absolute Gasteiger partial charge is 0.393 e. The van der Waals surface area contributed by atoms with Gasteiger partial charge in [0.05, 0.1) is 23.1 Å². The van der Waals surface area contributed by atoms with Gasteiger partial charge in [0.25, 0.3) is 5.91 Å². The number of aromatic nitrogens is 3. The Morgan fingerprint density at radius 2 is 2.24 bits per heavy atom. The third kappa shape index (κ3) is 2.40. The number of rotatable bonds is 2. The summed E-state index contributed by atoms with van der Waals surface area (Å²) in [5, 5.41) is 14.0. The summed E-state index contributed by atoms with van der Waals surface area (Å²) >= 11 is 0. The van der Waals surface area contributed by atoms with E-state index in [4.69, 9.17) is 0 Å². The predicted molar refractivity (Wildman–Crippen MR) is 78.2 cm³/mol. The highest BCUT2D eigenvalue weighted by molar-refractivity contribution is 5.95. The Bertz CT molecular complexity index is 692. The number of fused-ring (bicyclic) bond motifs is 1. The second kappa shape index (κ2) is 5.11. The summed E-state index contributed by atoms with van der Waals surface area (Å²) in [6.45, 7) is 6.86. The number of hydrogen-bond acceptors (Lipinski definition) is 4. The quantitative estimate of drug-likeness (QED) is 0.901. The highest BCUT2D eigenvalue weighted by Gasteiger charge is 2.30. The zero-order valence-corrected chi connectivity index (χ0v) is 12.6. The molecule has 0 saturated carbocycles. The Balaban J connectivity index is 1.90. The van der Waals surface area contributed by atoms with E-state index in [1.165, 1.54) is 0 Å². The van der Waals surface area contributed by atoms with Crippen molar-refractivity contribution in [1.82, 2.24) is 19.5 Å². The maximum absolute atomic E-state index is 12.6. The van der Waals surface area contributed by atoms with Crippen LogP contribution in [0.2, 0.25) is 0 Å². The van der Waals surface area contributed by atoms with Gasteiger partial charge in [-0.3, -0.25) is 4.79 Å². The zero-order chi connectivity index (χ0) is 15.1. The van der Waals surface area contributed by atoms with Gasteiger partial charge >= 0.3 is 0 Å². The number of carbonyl (C=O) groups is 1. The van der Waals surface area contributed by atoms with Crippen molar-refractivity contribution in [3.8, 4) is 0 Å². The fraction of sp³-hybridized carbons (Fsp3) is 0.533. The molecule has 1 N–H and O–H groups in total. The normalized spacial score (nSPS) is 20.2. The van der Waals surface area contributed by atoms with Gasteiger partial charge in [-0.25, -0.2) is 9.50 Å². The molecule has 21 heavy (non-hydrogen) atoms. The van der Waals surface area contributed by atoms with Crippen molar-refractivity contribution in [1.29, 1.82) is 0 Å². The molecule has 2 atom stereocenters. The van der Waals surface area contributed by atoms with E-state index in [2.05, 4.69) is 10.1 Å². The lowest BCUT2D eigenvalue weighted by atomic mass is 10.0. The average Bonchev–Trinajstić information content (AvgIpc) is 3.04. The number of aliphatic hydroxyl groups excluding tert-OH is 1. The van der Waals surface area contributed by atoms with E-state index >= 15 is 0 Å². The second-order valence-electron chi connectivity index (χ2n) is 5.85. The number of nitrogens with zero attached hydrogens (tertiary/aromatic N) is 4. The highest BCUT2D eigenvalue weighted by atomic mass is 16.3. The summed E-state index contributed by atoms with van der Waals surface area (Å²) in [6, 6.07) is 1.89. The molecular weight excluding hydrogens is 268 g/mol. The molecule has 1 amide bonds. The van der Waals surface area contributed by atoms with Crippen molar-refractivity contribution in [2.45, 2.75) is 33.3 Å². The topological polar surface area (TPSA) is 70.7 Å². The monoisotopic (exact) mass is 288 g/mol. The lowest BCUT2D eigenvalue weighted by molar-refractivity contribution is 0.0760. The SMILES string of the molecule is Cc1cc2ncc(C(=O)N3CCC(C(C)O)C3)c(C)n2n1. The van der Waals surface area contributed by atoms with Crippen LogP contribution in [0, 0.1) is 19.8 Å². The first-order valence-corrected chi connectivity index (χ1v) is 7.26. The van der Waals surface area contributed by atoms with E-state index in [9.17, 15) is 9.90 Å². The van der Waals surface area contributed by atoms with Gasteiger partial charge in [-0.1, -0.05) is 0 Å². The molecule has 0 aromatic carbocycles. The van der Waals surface area contributed by atoms with Gasteiger partial charge in [-0.05, 0) is 27.2 Å². The van der Waals surface area contributed by atoms with Crippen LogP contribution in [0.15, 0.2) is 12.3 Å². The van der Waals surface area contributed by atoms with E-state index in [1.54, 1.807) is 22.5 Å². The summed E-state index contributed by atoms with van der Waals surface area (Å²) in [7, 11) is 0. The smallest absolute Gasteiger partial charge is 0.257 e. The molecule has 0 radical (unpaired) electrons. The molecule has 1 aliphatic heterocycles. The molecule has 3 rings (SSSR count). The fourth-order valence-corrected chi connectivity index (χ4v) is 2.91. The Labute approximate surface area is 123 Å². The summed E-state index contributed by atoms with van der Waals surface area (Å²) in [4.78, 5) is 18.8. The molecular formula is C15H20N4O2. The summed E-state index contributed by atoms with van der Waals surface area (Å²) in [5.41, 5.74) is 3.02. The summed E-state index contributed by atoms with van der Waals surface area (Å²) < 4.78 is 1.71. The third-order valence-corrected chi connectivity index (χ3v) is 4.27. The first-order valence-electron chi connectivity index (χ1n) is 7.26. The number of carbonyl (C=O) groups excluding carboxylic acids is 1. The molecule has 2 aromatic rings. The standard InChI is InChI=1S/C15H20N4O2/c1-9-6-14-16-7-13(10(2)19(14)17-9)15(21)18-5-4-12(8-18)11(3)20/h6-7,11-12,20H,4-5,8H2,1-3H3. The van der Waals surface area contributed by atoms with Crippen LogP contribution in [-0.2, 0) is 0 Å². The molecule has 6 heteroatoms. The van der Waals surface area contributed by atoms with Crippen molar-refractivity contribution in [3.63, 3.8) is 0 Å². The van der Waals surface area contributed by atoms with Crippen molar-refractivity contribution >= 4 is 11.6 Å². The van der Waals surface area contributed by atoms with Crippen LogP contribution in [-0.4, -0.2) is 49.7 Å². The number of amides is 1. The number of aliphatic hydroxyl groups is 1. The Hall–Kier alpha value is -1.95. The molecule has 1 fully saturated rings. The van der Waals surface area contributed by atoms with Crippen LogP contribution in [0.5, 0.6) is 0 Å². The summed E-state index contributed by atoms with van der Waals surface area (Å²) in [6.07, 6.45) is 2.10. The predicted octanol–water partition coefficient (Wildman–Crippen LogP) is 1.19. The third-order valence-electron chi connectivity index (χ3n) is 4.27. The van der Waals surface area contributed by atoms with E-state index in [-0.39, 0.29) is 17.9 Å². The molecule has 2 aromatic heterocycles. The van der Waals surface area contributed by atoms with Gasteiger partial charge in [0.15, 0.2) is 5.65 Å². The van der Waals surface area contributed by atoms with Crippen LogP contribution in [0.4, 0.5) is 0 Å². The van der Waals surface area contributed by atoms with E-state index in [1.807, 2.05) is 19.9 Å². The molecule has 1 aliphatic rings. The molecule has 0 aliphatic carbocycles. The van der Waals surface area contributed by atoms with Gasteiger partial charge in [0.2, 0.25) is 0 Å². The number of hydrogen-bond donors (Lipinski definition) is 1. The van der Waals surface area contributed by atoms with Crippen molar-refractivity contribution in [3.05, 3.63) is 29.2 Å². The molecule has 112 valence electrons. The molecule has 6 nitrogen and oxygen atoms in total. The maximum atomic E-state index is 12.6. The summed E-state index contributed by atoms with van der Waals surface area (Å²) in [5.74, 6) is 0.135. The Morgan fingerprint density at radius 1 is 1.48 bits per heavy atom. The lowest BCUT2D eigenvalue weighted by Crippen LogP contribution is -2.31. The van der Waals surface area contributed by atoms with E-state index < -0.39 is 0 Å². The molecule has 0 spiro atoms. The van der Waals surface area contributed by atoms with Crippen LogP contribution >= 0.6 is 0 Å². The highest BCUT2D eigenvalue weighted by Crippen LogP contribution is 2.22. The van der Waals surface area contributed by atoms with Gasteiger partial charge in [0, 0.05) is 31.3 Å². The minimum absolute atomic E-state index is 0.0294. The first-order chi connectivity index (χ1) is 9.97. The van der Waals surface area contributed by atoms with E-state index in [0.29, 0.717) is 18.7 Å². The number of aryl methyl sites for hydroxylation is 2. The Kier molecular flexibility index (Phi) is 3.41. The minimum Gasteiger partial charge on any atom is -0.393 e. The van der Waals surface area contributed by atoms with Crippen molar-refractivity contribution < 1.29 is 9.90 Å². The van der Waals surface area contributed by atoms with Crippen LogP contribution in [0.25, 0.3) is 5.65 Å². The first kappa shape index (κ1) is 14.0. The molecule has 1 saturated heterocycles. The molecule has 0 bridgehead atoms. The van der Waals surface area contributed by atoms with Gasteiger partial charge < -0.3 is 10.0 Å². The molecule has 3 heterocycles. The van der Waals surface area contributed by atoms with Crippen LogP contribution in [0.1, 0.15) is 35.1 Å². The minimum atomic E-state index is -0.377.